The number of benzene rings is 2. The smallest absolute Gasteiger partial charge is 0.409 e. The first-order valence-corrected chi connectivity index (χ1v) is 6.91. The second-order valence-corrected chi connectivity index (χ2v) is 5.50. The van der Waals surface area contributed by atoms with Gasteiger partial charge in [-0.15, -0.1) is 0 Å². The third-order valence-electron chi connectivity index (χ3n) is 2.92. The van der Waals surface area contributed by atoms with Gasteiger partial charge in [0.15, 0.2) is 0 Å². The van der Waals surface area contributed by atoms with Crippen molar-refractivity contribution < 1.29 is 4.42 Å². The molecule has 0 radical (unpaired) electrons. The minimum absolute atomic E-state index is 0.172. The van der Waals surface area contributed by atoms with Crippen molar-refractivity contribution >= 4 is 45.8 Å². The van der Waals surface area contributed by atoms with Crippen molar-refractivity contribution in [1.29, 1.82) is 0 Å². The molecule has 3 rings (SSSR count). The van der Waals surface area contributed by atoms with E-state index in [0.29, 0.717) is 10.0 Å². The summed E-state index contributed by atoms with van der Waals surface area (Å²) < 4.78 is 6.00. The minimum Gasteiger partial charge on any atom is -0.409 e. The van der Waals surface area contributed by atoms with Gasteiger partial charge in [-0.3, -0.25) is 4.79 Å². The van der Waals surface area contributed by atoms with Gasteiger partial charge in [0.2, 0.25) is 0 Å². The number of hydrogen-bond acceptors (Lipinski definition) is 3. The zero-order valence-electron chi connectivity index (χ0n) is 10.3. The fraction of sp³-hybridized carbons (Fsp3) is 0. The van der Waals surface area contributed by atoms with Gasteiger partial charge in [-0.2, -0.15) is 0 Å². The second-order valence-electron chi connectivity index (χ2n) is 4.25. The van der Waals surface area contributed by atoms with Crippen LogP contribution in [-0.2, 0) is 0 Å². The molecule has 0 N–H and O–H groups in total. The Balaban J connectivity index is 2.39. The van der Waals surface area contributed by atoms with Gasteiger partial charge in [-0.05, 0) is 36.4 Å². The van der Waals surface area contributed by atoms with Gasteiger partial charge in [0, 0.05) is 5.02 Å². The number of halogens is 3. The number of fused-ring (bicyclic) bond motifs is 1. The van der Waals surface area contributed by atoms with Crippen molar-refractivity contribution in [2.45, 2.75) is 0 Å². The summed E-state index contributed by atoms with van der Waals surface area (Å²) in [6, 6.07) is 8.86. The van der Waals surface area contributed by atoms with E-state index in [2.05, 4.69) is 0 Å². The number of rotatable bonds is 1. The zero-order chi connectivity index (χ0) is 15.1. The molecule has 3 aromatic rings. The lowest BCUT2D eigenvalue weighted by atomic mass is 10.2. The van der Waals surface area contributed by atoms with Crippen molar-refractivity contribution in [3.8, 4) is 5.69 Å². The van der Waals surface area contributed by atoms with Gasteiger partial charge in [0.1, 0.15) is 5.58 Å². The lowest BCUT2D eigenvalue weighted by molar-refractivity contribution is 0.504. The van der Waals surface area contributed by atoms with E-state index in [4.69, 9.17) is 39.2 Å². The van der Waals surface area contributed by atoms with Gasteiger partial charge in [0.25, 0.3) is 5.56 Å². The Morgan fingerprint density at radius 2 is 1.67 bits per heavy atom. The van der Waals surface area contributed by atoms with E-state index in [1.54, 1.807) is 0 Å². The SMILES string of the molecule is O=c1oc2ccc(Cl)cc2c(=O)n1-c1ccc(Cl)c(Cl)c1. The molecule has 4 nitrogen and oxygen atoms in total. The van der Waals surface area contributed by atoms with Gasteiger partial charge < -0.3 is 4.42 Å². The van der Waals surface area contributed by atoms with Crippen LogP contribution in [0.5, 0.6) is 0 Å². The first kappa shape index (κ1) is 14.2. The molecule has 2 aromatic carbocycles. The summed E-state index contributed by atoms with van der Waals surface area (Å²) in [6.07, 6.45) is 0. The van der Waals surface area contributed by atoms with E-state index in [-0.39, 0.29) is 21.7 Å². The molecule has 1 heterocycles. The summed E-state index contributed by atoms with van der Waals surface area (Å²) in [5.74, 6) is -0.812. The molecule has 0 amide bonds. The van der Waals surface area contributed by atoms with Crippen molar-refractivity contribution in [1.82, 2.24) is 4.57 Å². The zero-order valence-corrected chi connectivity index (χ0v) is 12.5. The molecule has 0 saturated heterocycles. The molecule has 106 valence electrons. The van der Waals surface area contributed by atoms with E-state index >= 15 is 0 Å². The van der Waals surface area contributed by atoms with Gasteiger partial charge in [-0.1, -0.05) is 34.8 Å². The highest BCUT2D eigenvalue weighted by atomic mass is 35.5. The van der Waals surface area contributed by atoms with Crippen molar-refractivity contribution in [2.75, 3.05) is 0 Å². The second kappa shape index (κ2) is 5.22. The van der Waals surface area contributed by atoms with E-state index in [1.165, 1.54) is 36.4 Å². The Kier molecular flexibility index (Phi) is 3.53. The third-order valence-corrected chi connectivity index (χ3v) is 3.89. The quantitative estimate of drug-likeness (QED) is 0.674. The van der Waals surface area contributed by atoms with Crippen LogP contribution in [0.3, 0.4) is 0 Å². The molecule has 0 saturated carbocycles. The molecule has 0 fully saturated rings. The predicted octanol–water partition coefficient (Wildman–Crippen LogP) is 3.90. The molecule has 0 aliphatic carbocycles. The summed E-state index contributed by atoms with van der Waals surface area (Å²) in [5.41, 5.74) is -0.0992. The Bertz CT molecular complexity index is 975. The molecule has 0 bridgehead atoms. The highest BCUT2D eigenvalue weighted by molar-refractivity contribution is 6.42. The van der Waals surface area contributed by atoms with Crippen molar-refractivity contribution in [3.05, 3.63) is 72.4 Å². The predicted molar refractivity (Wildman–Crippen MR) is 83.1 cm³/mol. The summed E-state index contributed by atoms with van der Waals surface area (Å²) in [7, 11) is 0. The molecule has 21 heavy (non-hydrogen) atoms. The first-order chi connectivity index (χ1) is 9.97. The van der Waals surface area contributed by atoms with Crippen LogP contribution in [0.1, 0.15) is 0 Å². The number of nitrogens with zero attached hydrogens (tertiary/aromatic N) is 1. The molecular formula is C14H6Cl3NO3. The van der Waals surface area contributed by atoms with Crippen molar-refractivity contribution in [3.63, 3.8) is 0 Å². The van der Waals surface area contributed by atoms with E-state index in [1.807, 2.05) is 0 Å². The molecule has 0 spiro atoms. The Hall–Kier alpha value is -1.75. The monoisotopic (exact) mass is 341 g/mol. The molecule has 0 aliphatic rings. The lowest BCUT2D eigenvalue weighted by Crippen LogP contribution is -2.30. The molecule has 7 heteroatoms. The van der Waals surface area contributed by atoms with Crippen LogP contribution in [0.2, 0.25) is 15.1 Å². The maximum absolute atomic E-state index is 12.5. The van der Waals surface area contributed by atoms with Crippen LogP contribution in [-0.4, -0.2) is 4.57 Å². The molecule has 0 atom stereocenters. The minimum atomic E-state index is -0.812. The van der Waals surface area contributed by atoms with Gasteiger partial charge in [-0.25, -0.2) is 9.36 Å². The summed E-state index contributed by atoms with van der Waals surface area (Å²) in [5, 5.41) is 1.12. The topological polar surface area (TPSA) is 52.2 Å². The Morgan fingerprint density at radius 1 is 0.905 bits per heavy atom. The van der Waals surface area contributed by atoms with Crippen LogP contribution >= 0.6 is 34.8 Å². The van der Waals surface area contributed by atoms with Gasteiger partial charge in [0.05, 0.1) is 21.1 Å². The molecule has 0 aliphatic heterocycles. The number of hydrogen-bond donors (Lipinski definition) is 0. The number of aromatic nitrogens is 1. The van der Waals surface area contributed by atoms with E-state index in [0.717, 1.165) is 4.57 Å². The van der Waals surface area contributed by atoms with E-state index < -0.39 is 11.3 Å². The van der Waals surface area contributed by atoms with Crippen molar-refractivity contribution in [2.24, 2.45) is 0 Å². The molecule has 1 aromatic heterocycles. The largest absolute Gasteiger partial charge is 0.426 e. The molecular weight excluding hydrogens is 337 g/mol. The van der Waals surface area contributed by atoms with Crippen LogP contribution in [0.25, 0.3) is 16.7 Å². The molecule has 0 unspecified atom stereocenters. The van der Waals surface area contributed by atoms with Crippen LogP contribution in [0, 0.1) is 0 Å². The van der Waals surface area contributed by atoms with Gasteiger partial charge >= 0.3 is 5.76 Å². The maximum Gasteiger partial charge on any atom is 0.426 e. The normalized spacial score (nSPS) is 11.0. The standard InChI is InChI=1S/C14H6Cl3NO3/c15-7-1-4-12-9(5-7)13(19)18(14(20)21-12)8-2-3-10(16)11(17)6-8/h1-6H. The van der Waals surface area contributed by atoms with Crippen LogP contribution < -0.4 is 11.3 Å². The highest BCUT2D eigenvalue weighted by Gasteiger charge is 2.13. The van der Waals surface area contributed by atoms with Crippen LogP contribution in [0.4, 0.5) is 0 Å². The average molecular weight is 343 g/mol. The van der Waals surface area contributed by atoms with E-state index in [9.17, 15) is 9.59 Å². The highest BCUT2D eigenvalue weighted by Crippen LogP contribution is 2.24. The summed E-state index contributed by atoms with van der Waals surface area (Å²) in [4.78, 5) is 24.5. The first-order valence-electron chi connectivity index (χ1n) is 5.78. The maximum atomic E-state index is 12.5. The summed E-state index contributed by atoms with van der Waals surface area (Å²) in [6.45, 7) is 0. The summed E-state index contributed by atoms with van der Waals surface area (Å²) >= 11 is 17.6. The fourth-order valence-electron chi connectivity index (χ4n) is 1.95. The average Bonchev–Trinajstić information content (AvgIpc) is 2.44. The fourth-order valence-corrected chi connectivity index (χ4v) is 2.41. The Labute approximate surface area is 133 Å². The lowest BCUT2D eigenvalue weighted by Gasteiger charge is -2.06. The van der Waals surface area contributed by atoms with Crippen LogP contribution in [0.15, 0.2) is 50.4 Å². The third kappa shape index (κ3) is 2.46. The Morgan fingerprint density at radius 3 is 2.38 bits per heavy atom.